The average molecular weight is 591 g/mol. The molecule has 0 amide bonds. The van der Waals surface area contributed by atoms with Crippen LogP contribution in [-0.4, -0.2) is 29.9 Å². The number of hydrogen-bond acceptors (Lipinski definition) is 6. The van der Waals surface area contributed by atoms with E-state index in [0.29, 0.717) is 28.9 Å². The number of hydrogen-bond donors (Lipinski definition) is 0. The van der Waals surface area contributed by atoms with E-state index in [-0.39, 0.29) is 0 Å². The monoisotopic (exact) mass is 590 g/mol. The van der Waals surface area contributed by atoms with Gasteiger partial charge in [0.2, 0.25) is 0 Å². The van der Waals surface area contributed by atoms with E-state index in [4.69, 9.17) is 24.9 Å². The molecule has 216 valence electrons. The Kier molecular flexibility index (Phi) is 7.05. The van der Waals surface area contributed by atoms with Gasteiger partial charge >= 0.3 is 0 Å². The smallest absolute Gasteiger partial charge is 0.182 e. The fourth-order valence-corrected chi connectivity index (χ4v) is 5.46. The summed E-state index contributed by atoms with van der Waals surface area (Å²) in [5, 5.41) is 1.10. The van der Waals surface area contributed by atoms with Gasteiger partial charge in [-0.25, -0.2) is 24.9 Å². The molecule has 0 bridgehead atoms. The van der Waals surface area contributed by atoms with Crippen LogP contribution in [0.3, 0.4) is 0 Å². The third kappa shape index (κ3) is 5.51. The molecule has 8 rings (SSSR count). The zero-order valence-corrected chi connectivity index (χ0v) is 24.7. The molecule has 8 aromatic rings. The summed E-state index contributed by atoms with van der Waals surface area (Å²) in [5.74, 6) is 1.51. The Labute approximate surface area is 266 Å². The van der Waals surface area contributed by atoms with Crippen molar-refractivity contribution in [3.63, 3.8) is 0 Å². The van der Waals surface area contributed by atoms with Crippen LogP contribution in [0.1, 0.15) is 0 Å². The number of benzene rings is 4. The molecule has 0 saturated heterocycles. The minimum absolute atomic E-state index is 0.482. The maximum absolute atomic E-state index is 4.95. The Morgan fingerprint density at radius 2 is 0.826 bits per heavy atom. The second-order valence-electron chi connectivity index (χ2n) is 10.8. The topological polar surface area (TPSA) is 77.3 Å². The van der Waals surface area contributed by atoms with Gasteiger partial charge in [-0.3, -0.25) is 4.98 Å². The van der Waals surface area contributed by atoms with E-state index in [1.165, 1.54) is 0 Å². The fraction of sp³-hybridized carbons (Fsp3) is 0. The van der Waals surface area contributed by atoms with Crippen LogP contribution in [0.5, 0.6) is 0 Å². The van der Waals surface area contributed by atoms with Gasteiger partial charge in [0.25, 0.3) is 0 Å². The third-order valence-electron chi connectivity index (χ3n) is 7.81. The Hall–Kier alpha value is -6.40. The largest absolute Gasteiger partial charge is 0.256 e. The SMILES string of the molecule is c1ccc(-c2cccc(-c3nc(-c4ccc(-c5ccc6ncccc6c5)cc4)nc(-c4cccc(-c5ccccc5)n4)n3)n2)cc1. The molecule has 0 atom stereocenters. The van der Waals surface area contributed by atoms with Gasteiger partial charge in [-0.1, -0.05) is 109 Å². The molecule has 0 radical (unpaired) electrons. The lowest BCUT2D eigenvalue weighted by atomic mass is 10.0. The maximum atomic E-state index is 4.95. The molecule has 6 nitrogen and oxygen atoms in total. The molecule has 0 unspecified atom stereocenters. The number of nitrogens with zero attached hydrogens (tertiary/aromatic N) is 6. The van der Waals surface area contributed by atoms with Gasteiger partial charge in [0, 0.05) is 28.3 Å². The Morgan fingerprint density at radius 3 is 1.43 bits per heavy atom. The molecule has 0 aliphatic heterocycles. The van der Waals surface area contributed by atoms with Gasteiger partial charge in [-0.2, -0.15) is 0 Å². The van der Waals surface area contributed by atoms with Crippen molar-refractivity contribution in [2.75, 3.05) is 0 Å². The second kappa shape index (κ2) is 11.9. The maximum Gasteiger partial charge on any atom is 0.182 e. The first-order valence-corrected chi connectivity index (χ1v) is 15.0. The Bertz CT molecular complexity index is 2200. The molecular weight excluding hydrogens is 564 g/mol. The summed E-state index contributed by atoms with van der Waals surface area (Å²) in [4.78, 5) is 29.1. The highest BCUT2D eigenvalue weighted by Crippen LogP contribution is 2.29. The zero-order valence-electron chi connectivity index (χ0n) is 24.7. The van der Waals surface area contributed by atoms with Gasteiger partial charge in [-0.05, 0) is 53.6 Å². The molecule has 0 saturated carbocycles. The van der Waals surface area contributed by atoms with Crippen LogP contribution >= 0.6 is 0 Å². The molecule has 4 aromatic carbocycles. The highest BCUT2D eigenvalue weighted by Gasteiger charge is 2.15. The molecule has 46 heavy (non-hydrogen) atoms. The predicted molar refractivity (Wildman–Crippen MR) is 183 cm³/mol. The van der Waals surface area contributed by atoms with E-state index < -0.39 is 0 Å². The van der Waals surface area contributed by atoms with Crippen LogP contribution in [-0.2, 0) is 0 Å². The predicted octanol–water partition coefficient (Wildman–Crippen LogP) is 9.21. The van der Waals surface area contributed by atoms with Gasteiger partial charge in [0.1, 0.15) is 11.4 Å². The van der Waals surface area contributed by atoms with E-state index in [0.717, 1.165) is 50.1 Å². The lowest BCUT2D eigenvalue weighted by Crippen LogP contribution is -2.02. The summed E-state index contributed by atoms with van der Waals surface area (Å²) in [6, 6.07) is 50.7. The van der Waals surface area contributed by atoms with Crippen LogP contribution in [0.4, 0.5) is 0 Å². The molecule has 0 aliphatic carbocycles. The van der Waals surface area contributed by atoms with Crippen LogP contribution in [0, 0.1) is 0 Å². The van der Waals surface area contributed by atoms with E-state index in [9.17, 15) is 0 Å². The van der Waals surface area contributed by atoms with Crippen molar-refractivity contribution in [1.82, 2.24) is 29.9 Å². The van der Waals surface area contributed by atoms with Crippen molar-refractivity contribution in [1.29, 1.82) is 0 Å². The van der Waals surface area contributed by atoms with Gasteiger partial charge in [-0.15, -0.1) is 0 Å². The summed E-state index contributed by atoms with van der Waals surface area (Å²) >= 11 is 0. The standard InChI is InChI=1S/C40H26N6/c1-3-10-28(11-4-1)34-15-7-17-36(42-34)39-44-38(45-40(46-39)37-18-8-16-35(43-37)29-12-5-2-6-13-29)30-21-19-27(20-22-30)31-23-24-33-32(26-31)14-9-25-41-33/h1-26H. The highest BCUT2D eigenvalue weighted by atomic mass is 15.1. The lowest BCUT2D eigenvalue weighted by molar-refractivity contribution is 1.05. The van der Waals surface area contributed by atoms with Crippen molar-refractivity contribution in [2.45, 2.75) is 0 Å². The summed E-state index contributed by atoms with van der Waals surface area (Å²) < 4.78 is 0. The van der Waals surface area contributed by atoms with Gasteiger partial charge < -0.3 is 0 Å². The third-order valence-corrected chi connectivity index (χ3v) is 7.81. The quantitative estimate of drug-likeness (QED) is 0.192. The lowest BCUT2D eigenvalue weighted by Gasteiger charge is -2.10. The molecule has 0 N–H and O–H groups in total. The summed E-state index contributed by atoms with van der Waals surface area (Å²) in [7, 11) is 0. The molecular formula is C40H26N6. The molecule has 6 heteroatoms. The van der Waals surface area contributed by atoms with Crippen molar-refractivity contribution in [3.8, 4) is 68.1 Å². The van der Waals surface area contributed by atoms with E-state index in [1.54, 1.807) is 0 Å². The van der Waals surface area contributed by atoms with Crippen molar-refractivity contribution < 1.29 is 0 Å². The van der Waals surface area contributed by atoms with E-state index >= 15 is 0 Å². The first kappa shape index (κ1) is 27.2. The zero-order chi connectivity index (χ0) is 30.7. The van der Waals surface area contributed by atoms with Crippen molar-refractivity contribution >= 4 is 10.9 Å². The number of fused-ring (bicyclic) bond motifs is 1. The minimum Gasteiger partial charge on any atom is -0.256 e. The minimum atomic E-state index is 0.482. The number of rotatable bonds is 6. The second-order valence-corrected chi connectivity index (χ2v) is 10.8. The van der Waals surface area contributed by atoms with E-state index in [1.807, 2.05) is 121 Å². The first-order chi connectivity index (χ1) is 22.8. The van der Waals surface area contributed by atoms with Crippen LogP contribution in [0.15, 0.2) is 158 Å². The fourth-order valence-electron chi connectivity index (χ4n) is 5.46. The Morgan fingerprint density at radius 1 is 0.304 bits per heavy atom. The summed E-state index contributed by atoms with van der Waals surface area (Å²) in [6.45, 7) is 0. The van der Waals surface area contributed by atoms with Gasteiger partial charge in [0.15, 0.2) is 17.5 Å². The number of aromatic nitrogens is 6. The molecule has 4 heterocycles. The van der Waals surface area contributed by atoms with Crippen molar-refractivity contribution in [2.24, 2.45) is 0 Å². The number of pyridine rings is 3. The Balaban J connectivity index is 1.23. The average Bonchev–Trinajstić information content (AvgIpc) is 3.15. The molecule has 0 spiro atoms. The normalized spacial score (nSPS) is 11.0. The molecule has 4 aromatic heterocycles. The molecule has 0 fully saturated rings. The van der Waals surface area contributed by atoms with Gasteiger partial charge in [0.05, 0.1) is 16.9 Å². The van der Waals surface area contributed by atoms with E-state index in [2.05, 4.69) is 41.4 Å². The first-order valence-electron chi connectivity index (χ1n) is 15.0. The van der Waals surface area contributed by atoms with Crippen molar-refractivity contribution in [3.05, 3.63) is 158 Å². The van der Waals surface area contributed by atoms with Crippen LogP contribution < -0.4 is 0 Å². The summed E-state index contributed by atoms with van der Waals surface area (Å²) in [6.07, 6.45) is 1.81. The van der Waals surface area contributed by atoms with Crippen LogP contribution in [0.25, 0.3) is 79.0 Å². The summed E-state index contributed by atoms with van der Waals surface area (Å²) in [5.41, 5.74) is 9.12. The molecule has 0 aliphatic rings. The highest BCUT2D eigenvalue weighted by molar-refractivity contribution is 5.84. The van der Waals surface area contributed by atoms with Crippen LogP contribution in [0.2, 0.25) is 0 Å².